The molecule has 0 fully saturated rings. The van der Waals surface area contributed by atoms with Crippen LogP contribution in [0.25, 0.3) is 11.1 Å². The molecule has 0 aromatic heterocycles. The first-order valence-corrected chi connectivity index (χ1v) is 9.58. The number of esters is 1. The first kappa shape index (κ1) is 21.6. The van der Waals surface area contributed by atoms with Crippen molar-refractivity contribution < 1.29 is 23.9 Å². The zero-order valence-corrected chi connectivity index (χ0v) is 17.0. The summed E-state index contributed by atoms with van der Waals surface area (Å²) in [5, 5.41) is 5.08. The molecule has 0 aliphatic carbocycles. The van der Waals surface area contributed by atoms with Crippen molar-refractivity contribution in [1.82, 2.24) is 5.32 Å². The lowest BCUT2D eigenvalue weighted by Gasteiger charge is -2.09. The Labute approximate surface area is 180 Å². The average Bonchev–Trinajstić information content (AvgIpc) is 2.82. The van der Waals surface area contributed by atoms with Gasteiger partial charge in [0.2, 0.25) is 0 Å². The molecule has 0 atom stereocenters. The zero-order valence-electron chi connectivity index (χ0n) is 17.0. The number of methoxy groups -OCH3 is 1. The van der Waals surface area contributed by atoms with Gasteiger partial charge in [-0.05, 0) is 35.4 Å². The van der Waals surface area contributed by atoms with Gasteiger partial charge in [-0.25, -0.2) is 0 Å². The van der Waals surface area contributed by atoms with Gasteiger partial charge in [-0.15, -0.1) is 0 Å². The lowest BCUT2D eigenvalue weighted by molar-refractivity contribution is -0.146. The Morgan fingerprint density at radius 3 is 2.26 bits per heavy atom. The molecule has 0 saturated carbocycles. The van der Waals surface area contributed by atoms with Gasteiger partial charge in [0.05, 0.1) is 7.11 Å². The highest BCUT2D eigenvalue weighted by Gasteiger charge is 2.11. The van der Waals surface area contributed by atoms with Crippen LogP contribution in [-0.2, 0) is 14.3 Å². The molecule has 0 bridgehead atoms. The Hall–Kier alpha value is -4.13. The van der Waals surface area contributed by atoms with Crippen molar-refractivity contribution in [3.05, 3.63) is 84.4 Å². The number of nitrogens with one attached hydrogen (secondary N) is 2. The highest BCUT2D eigenvalue weighted by molar-refractivity contribution is 5.97. The molecule has 0 heterocycles. The molecule has 0 aliphatic rings. The number of hydrogen-bond acceptors (Lipinski definition) is 5. The molecule has 2 amide bonds. The molecule has 3 aromatic carbocycles. The maximum Gasteiger partial charge on any atom is 0.325 e. The van der Waals surface area contributed by atoms with Crippen LogP contribution >= 0.6 is 0 Å². The number of hydrogen-bond donors (Lipinski definition) is 2. The van der Waals surface area contributed by atoms with Gasteiger partial charge in [0.15, 0.2) is 6.61 Å². The first-order chi connectivity index (χ1) is 15.0. The third-order valence-electron chi connectivity index (χ3n) is 4.37. The van der Waals surface area contributed by atoms with E-state index in [2.05, 4.69) is 10.6 Å². The van der Waals surface area contributed by atoms with Gasteiger partial charge in [0.1, 0.15) is 12.3 Å². The van der Waals surface area contributed by atoms with Crippen LogP contribution in [0, 0.1) is 0 Å². The van der Waals surface area contributed by atoms with Crippen LogP contribution in [0.2, 0.25) is 0 Å². The molecule has 7 nitrogen and oxygen atoms in total. The van der Waals surface area contributed by atoms with Crippen LogP contribution < -0.4 is 15.4 Å². The van der Waals surface area contributed by atoms with Crippen molar-refractivity contribution in [3.8, 4) is 16.9 Å². The number of benzene rings is 3. The minimum absolute atomic E-state index is 0.342. The SMILES string of the molecule is COc1cccc(NC(=O)COC(=O)CNC(=O)c2ccc(-c3ccccc3)cc2)c1. The average molecular weight is 418 g/mol. The van der Waals surface area contributed by atoms with Crippen LogP contribution in [0.1, 0.15) is 10.4 Å². The van der Waals surface area contributed by atoms with E-state index < -0.39 is 24.4 Å². The van der Waals surface area contributed by atoms with Crippen LogP contribution in [0.4, 0.5) is 5.69 Å². The Bertz CT molecular complexity index is 1050. The van der Waals surface area contributed by atoms with E-state index in [1.165, 1.54) is 7.11 Å². The molecule has 7 heteroatoms. The van der Waals surface area contributed by atoms with Crippen molar-refractivity contribution in [2.24, 2.45) is 0 Å². The lowest BCUT2D eigenvalue weighted by Crippen LogP contribution is -2.32. The molecule has 0 radical (unpaired) electrons. The molecule has 3 rings (SSSR count). The van der Waals surface area contributed by atoms with Crippen molar-refractivity contribution in [1.29, 1.82) is 0 Å². The second-order valence-corrected chi connectivity index (χ2v) is 6.57. The molecule has 0 aliphatic heterocycles. The molecular formula is C24H22N2O5. The van der Waals surface area contributed by atoms with Gasteiger partial charge >= 0.3 is 5.97 Å². The summed E-state index contributed by atoms with van der Waals surface area (Å²) >= 11 is 0. The largest absolute Gasteiger partial charge is 0.497 e. The van der Waals surface area contributed by atoms with Gasteiger partial charge in [0, 0.05) is 17.3 Å². The molecule has 31 heavy (non-hydrogen) atoms. The van der Waals surface area contributed by atoms with E-state index in [0.29, 0.717) is 17.0 Å². The predicted octanol–water partition coefficient (Wildman–Crippen LogP) is 3.27. The highest BCUT2D eigenvalue weighted by atomic mass is 16.5. The summed E-state index contributed by atoms with van der Waals surface area (Å²) in [6.07, 6.45) is 0. The summed E-state index contributed by atoms with van der Waals surface area (Å²) in [7, 11) is 1.52. The molecule has 0 unspecified atom stereocenters. The van der Waals surface area contributed by atoms with Crippen molar-refractivity contribution in [3.63, 3.8) is 0 Å². The number of carbonyl (C=O) groups is 3. The van der Waals surface area contributed by atoms with Crippen molar-refractivity contribution in [2.45, 2.75) is 0 Å². The summed E-state index contributed by atoms with van der Waals surface area (Å²) in [6.45, 7) is -0.802. The fourth-order valence-corrected chi connectivity index (χ4v) is 2.79. The Morgan fingerprint density at radius 1 is 0.839 bits per heavy atom. The number of rotatable bonds is 8. The lowest BCUT2D eigenvalue weighted by atomic mass is 10.0. The number of anilines is 1. The monoisotopic (exact) mass is 418 g/mol. The Balaban J connectivity index is 1.42. The summed E-state index contributed by atoms with van der Waals surface area (Å²) in [4.78, 5) is 36.0. The minimum Gasteiger partial charge on any atom is -0.497 e. The third-order valence-corrected chi connectivity index (χ3v) is 4.37. The van der Waals surface area contributed by atoms with Crippen LogP contribution in [0.15, 0.2) is 78.9 Å². The zero-order chi connectivity index (χ0) is 22.1. The van der Waals surface area contributed by atoms with E-state index in [1.807, 2.05) is 42.5 Å². The Morgan fingerprint density at radius 2 is 1.55 bits per heavy atom. The number of carbonyl (C=O) groups excluding carboxylic acids is 3. The quantitative estimate of drug-likeness (QED) is 0.548. The fraction of sp³-hybridized carbons (Fsp3) is 0.125. The minimum atomic E-state index is -0.713. The molecule has 0 spiro atoms. The van der Waals surface area contributed by atoms with Gasteiger partial charge in [-0.1, -0.05) is 48.5 Å². The summed E-state index contributed by atoms with van der Waals surface area (Å²) in [6, 6.07) is 23.6. The molecular weight excluding hydrogens is 396 g/mol. The van der Waals surface area contributed by atoms with Crippen molar-refractivity contribution >= 4 is 23.5 Å². The van der Waals surface area contributed by atoms with Gasteiger partial charge in [0.25, 0.3) is 11.8 Å². The molecule has 0 saturated heterocycles. The molecule has 3 aromatic rings. The first-order valence-electron chi connectivity index (χ1n) is 9.58. The number of amides is 2. The van der Waals surface area contributed by atoms with Gasteiger partial charge in [-0.2, -0.15) is 0 Å². The smallest absolute Gasteiger partial charge is 0.325 e. The van der Waals surface area contributed by atoms with Crippen molar-refractivity contribution in [2.75, 3.05) is 25.6 Å². The summed E-state index contributed by atoms with van der Waals surface area (Å²) < 4.78 is 9.98. The van der Waals surface area contributed by atoms with E-state index in [4.69, 9.17) is 9.47 Å². The maximum absolute atomic E-state index is 12.2. The normalized spacial score (nSPS) is 10.1. The standard InChI is InChI=1S/C24H22N2O5/c1-30-21-9-5-8-20(14-21)26-22(27)16-31-23(28)15-25-24(29)19-12-10-18(11-13-19)17-6-3-2-4-7-17/h2-14H,15-16H2,1H3,(H,25,29)(H,26,27). The van der Waals surface area contributed by atoms with Gasteiger partial charge in [-0.3, -0.25) is 14.4 Å². The van der Waals surface area contributed by atoms with E-state index in [-0.39, 0.29) is 6.54 Å². The van der Waals surface area contributed by atoms with E-state index in [1.54, 1.807) is 36.4 Å². The molecule has 2 N–H and O–H groups in total. The predicted molar refractivity (Wildman–Crippen MR) is 117 cm³/mol. The second-order valence-electron chi connectivity index (χ2n) is 6.57. The third kappa shape index (κ3) is 6.43. The topological polar surface area (TPSA) is 93.7 Å². The fourth-order valence-electron chi connectivity index (χ4n) is 2.79. The van der Waals surface area contributed by atoms with E-state index >= 15 is 0 Å². The van der Waals surface area contributed by atoms with Crippen LogP contribution in [-0.4, -0.2) is 38.0 Å². The summed E-state index contributed by atoms with van der Waals surface area (Å²) in [5.74, 6) is -1.02. The van der Waals surface area contributed by atoms with Crippen LogP contribution in [0.5, 0.6) is 5.75 Å². The summed E-state index contributed by atoms with van der Waals surface area (Å²) in [5.41, 5.74) is 2.97. The highest BCUT2D eigenvalue weighted by Crippen LogP contribution is 2.19. The number of ether oxygens (including phenoxy) is 2. The van der Waals surface area contributed by atoms with E-state index in [9.17, 15) is 14.4 Å². The van der Waals surface area contributed by atoms with Gasteiger partial charge < -0.3 is 20.1 Å². The second kappa shape index (κ2) is 10.6. The Kier molecular flexibility index (Phi) is 7.37. The van der Waals surface area contributed by atoms with Crippen LogP contribution in [0.3, 0.4) is 0 Å². The molecule has 158 valence electrons. The van der Waals surface area contributed by atoms with E-state index in [0.717, 1.165) is 11.1 Å². The maximum atomic E-state index is 12.2.